The fourth-order valence-corrected chi connectivity index (χ4v) is 3.91. The zero-order valence-electron chi connectivity index (χ0n) is 13.3. The van der Waals surface area contributed by atoms with Gasteiger partial charge in [0.2, 0.25) is 22.9 Å². The van der Waals surface area contributed by atoms with E-state index >= 15 is 0 Å². The van der Waals surface area contributed by atoms with Crippen molar-refractivity contribution >= 4 is 51.6 Å². The Morgan fingerprint density at radius 1 is 1.35 bits per heavy atom. The molecule has 11 heteroatoms. The van der Waals surface area contributed by atoms with Crippen molar-refractivity contribution in [3.8, 4) is 0 Å². The van der Waals surface area contributed by atoms with E-state index in [-0.39, 0.29) is 35.7 Å². The second kappa shape index (κ2) is 7.79. The molecule has 1 aromatic carbocycles. The SMILES string of the molecule is NC(=O)CSc1nnc(NC(=O)[C@@H]2CC(=O)N(c3ccc(F)cc3)C2)s1. The van der Waals surface area contributed by atoms with E-state index in [0.717, 1.165) is 23.1 Å². The monoisotopic (exact) mass is 395 g/mol. The molecule has 2 aromatic rings. The second-order valence-corrected chi connectivity index (χ2v) is 7.70. The summed E-state index contributed by atoms with van der Waals surface area (Å²) in [4.78, 5) is 36.7. The minimum atomic E-state index is -0.543. The van der Waals surface area contributed by atoms with Crippen LogP contribution in [-0.2, 0) is 14.4 Å². The molecule has 136 valence electrons. The molecular weight excluding hydrogens is 381 g/mol. The van der Waals surface area contributed by atoms with Gasteiger partial charge in [-0.2, -0.15) is 0 Å². The Kier molecular flexibility index (Phi) is 5.47. The Labute approximate surface area is 156 Å². The highest BCUT2D eigenvalue weighted by atomic mass is 32.2. The number of hydrogen-bond acceptors (Lipinski definition) is 7. The summed E-state index contributed by atoms with van der Waals surface area (Å²) >= 11 is 2.26. The van der Waals surface area contributed by atoms with Crippen LogP contribution >= 0.6 is 23.1 Å². The number of anilines is 2. The van der Waals surface area contributed by atoms with Crippen molar-refractivity contribution in [1.82, 2.24) is 10.2 Å². The van der Waals surface area contributed by atoms with Crippen LogP contribution in [0.5, 0.6) is 0 Å². The van der Waals surface area contributed by atoms with Crippen LogP contribution in [0.4, 0.5) is 15.2 Å². The average Bonchev–Trinajstić information content (AvgIpc) is 3.20. The van der Waals surface area contributed by atoms with Crippen molar-refractivity contribution in [2.45, 2.75) is 10.8 Å². The molecule has 2 heterocycles. The Bertz CT molecular complexity index is 842. The van der Waals surface area contributed by atoms with Crippen molar-refractivity contribution in [2.75, 3.05) is 22.5 Å². The van der Waals surface area contributed by atoms with E-state index < -0.39 is 17.6 Å². The van der Waals surface area contributed by atoms with Gasteiger partial charge in [0.1, 0.15) is 5.82 Å². The highest BCUT2D eigenvalue weighted by Crippen LogP contribution is 2.28. The first kappa shape index (κ1) is 18.3. The van der Waals surface area contributed by atoms with Crippen LogP contribution in [0.3, 0.4) is 0 Å². The van der Waals surface area contributed by atoms with Crippen molar-refractivity contribution in [1.29, 1.82) is 0 Å². The minimum Gasteiger partial charge on any atom is -0.369 e. The summed E-state index contributed by atoms with van der Waals surface area (Å²) in [7, 11) is 0. The van der Waals surface area contributed by atoms with E-state index in [4.69, 9.17) is 5.73 Å². The molecular formula is C15H14FN5O3S2. The van der Waals surface area contributed by atoms with E-state index in [2.05, 4.69) is 15.5 Å². The third-order valence-corrected chi connectivity index (χ3v) is 5.60. The molecule has 3 N–H and O–H groups in total. The normalized spacial score (nSPS) is 16.7. The molecule has 3 amide bonds. The highest BCUT2D eigenvalue weighted by molar-refractivity contribution is 8.01. The maximum atomic E-state index is 13.0. The van der Waals surface area contributed by atoms with Crippen LogP contribution in [0.1, 0.15) is 6.42 Å². The van der Waals surface area contributed by atoms with Crippen LogP contribution in [0.15, 0.2) is 28.6 Å². The van der Waals surface area contributed by atoms with Crippen molar-refractivity contribution in [3.05, 3.63) is 30.1 Å². The second-order valence-electron chi connectivity index (χ2n) is 5.50. The van der Waals surface area contributed by atoms with Gasteiger partial charge in [0.25, 0.3) is 0 Å². The maximum Gasteiger partial charge on any atom is 0.231 e. The van der Waals surface area contributed by atoms with Crippen LogP contribution in [0.25, 0.3) is 0 Å². The summed E-state index contributed by atoms with van der Waals surface area (Å²) in [6.07, 6.45) is 0.0608. The van der Waals surface area contributed by atoms with Gasteiger partial charge in [-0.1, -0.05) is 23.1 Å². The molecule has 26 heavy (non-hydrogen) atoms. The van der Waals surface area contributed by atoms with Gasteiger partial charge in [-0.05, 0) is 24.3 Å². The molecule has 0 saturated carbocycles. The Morgan fingerprint density at radius 3 is 2.77 bits per heavy atom. The first-order valence-corrected chi connectivity index (χ1v) is 9.34. The zero-order chi connectivity index (χ0) is 18.7. The molecule has 3 rings (SSSR count). The van der Waals surface area contributed by atoms with Gasteiger partial charge in [-0.15, -0.1) is 10.2 Å². The third kappa shape index (κ3) is 4.35. The van der Waals surface area contributed by atoms with Crippen molar-refractivity contribution in [3.63, 3.8) is 0 Å². The third-order valence-electron chi connectivity index (χ3n) is 3.61. The Balaban J connectivity index is 1.59. The number of carbonyl (C=O) groups is 3. The molecule has 0 aliphatic carbocycles. The number of aromatic nitrogens is 2. The van der Waals surface area contributed by atoms with E-state index in [1.807, 2.05) is 0 Å². The molecule has 1 fully saturated rings. The van der Waals surface area contributed by atoms with Gasteiger partial charge >= 0.3 is 0 Å². The van der Waals surface area contributed by atoms with Crippen LogP contribution < -0.4 is 16.0 Å². The fourth-order valence-electron chi connectivity index (χ4n) is 2.41. The number of nitrogens with two attached hydrogens (primary N) is 1. The number of nitrogens with one attached hydrogen (secondary N) is 1. The lowest BCUT2D eigenvalue weighted by Crippen LogP contribution is -2.28. The summed E-state index contributed by atoms with van der Waals surface area (Å²) in [6, 6.07) is 5.53. The van der Waals surface area contributed by atoms with Gasteiger partial charge in [0.05, 0.1) is 11.7 Å². The average molecular weight is 395 g/mol. The first-order valence-electron chi connectivity index (χ1n) is 7.54. The van der Waals surface area contributed by atoms with Gasteiger partial charge in [-0.3, -0.25) is 14.4 Å². The topological polar surface area (TPSA) is 118 Å². The zero-order valence-corrected chi connectivity index (χ0v) is 15.0. The molecule has 0 radical (unpaired) electrons. The highest BCUT2D eigenvalue weighted by Gasteiger charge is 2.35. The number of benzene rings is 1. The molecule has 1 aliphatic heterocycles. The summed E-state index contributed by atoms with van der Waals surface area (Å²) in [5, 5.41) is 10.6. The molecule has 0 spiro atoms. The van der Waals surface area contributed by atoms with E-state index in [0.29, 0.717) is 10.0 Å². The van der Waals surface area contributed by atoms with Gasteiger partial charge in [0.15, 0.2) is 4.34 Å². The van der Waals surface area contributed by atoms with Crippen molar-refractivity contribution < 1.29 is 18.8 Å². The lowest BCUT2D eigenvalue weighted by atomic mass is 10.1. The predicted molar refractivity (Wildman–Crippen MR) is 95.3 cm³/mol. The lowest BCUT2D eigenvalue weighted by Gasteiger charge is -2.16. The number of primary amides is 1. The minimum absolute atomic E-state index is 0.0608. The molecule has 8 nitrogen and oxygen atoms in total. The number of halogens is 1. The Hall–Kier alpha value is -2.53. The summed E-state index contributed by atoms with van der Waals surface area (Å²) in [5.74, 6) is -1.88. The molecule has 1 atom stereocenters. The quantitative estimate of drug-likeness (QED) is 0.561. The summed E-state index contributed by atoms with van der Waals surface area (Å²) in [5.41, 5.74) is 5.61. The number of carbonyl (C=O) groups excluding carboxylic acids is 3. The van der Waals surface area contributed by atoms with Gasteiger partial charge in [-0.25, -0.2) is 4.39 Å². The van der Waals surface area contributed by atoms with Gasteiger partial charge in [0, 0.05) is 18.7 Å². The summed E-state index contributed by atoms with van der Waals surface area (Å²) in [6.45, 7) is 0.207. The molecule has 1 saturated heterocycles. The van der Waals surface area contributed by atoms with Crippen LogP contribution in [0, 0.1) is 11.7 Å². The number of amides is 3. The Morgan fingerprint density at radius 2 is 2.08 bits per heavy atom. The molecule has 1 aromatic heterocycles. The van der Waals surface area contributed by atoms with Crippen molar-refractivity contribution in [2.24, 2.45) is 11.7 Å². The largest absolute Gasteiger partial charge is 0.369 e. The number of hydrogen-bond donors (Lipinski definition) is 2. The van der Waals surface area contributed by atoms with Gasteiger partial charge < -0.3 is 16.0 Å². The number of rotatable bonds is 6. The fraction of sp³-hybridized carbons (Fsp3) is 0.267. The van der Waals surface area contributed by atoms with Crippen LogP contribution in [0.2, 0.25) is 0 Å². The molecule has 0 bridgehead atoms. The van der Waals surface area contributed by atoms with E-state index in [1.54, 1.807) is 0 Å². The summed E-state index contributed by atoms with van der Waals surface area (Å²) < 4.78 is 13.5. The molecule has 0 unspecified atom stereocenters. The smallest absolute Gasteiger partial charge is 0.231 e. The first-order chi connectivity index (χ1) is 12.4. The van der Waals surface area contributed by atoms with E-state index in [9.17, 15) is 18.8 Å². The van der Waals surface area contributed by atoms with E-state index in [1.165, 1.54) is 29.2 Å². The standard InChI is InChI=1S/C15H14FN5O3S2/c16-9-1-3-10(4-2-9)21-6-8(5-12(21)23)13(24)18-14-19-20-15(26-14)25-7-11(17)22/h1-4,8H,5-7H2,(H2,17,22)(H,18,19,24)/t8-/m1/s1. The maximum absolute atomic E-state index is 13.0. The molecule has 1 aliphatic rings. The lowest BCUT2D eigenvalue weighted by molar-refractivity contribution is -0.122. The van der Waals surface area contributed by atoms with Crippen LogP contribution in [-0.4, -0.2) is 40.2 Å². The predicted octanol–water partition coefficient (Wildman–Crippen LogP) is 1.25. The number of thioether (sulfide) groups is 1. The number of nitrogens with zero attached hydrogens (tertiary/aromatic N) is 3.